The Morgan fingerprint density at radius 2 is 1.42 bits per heavy atom. The van der Waals surface area contributed by atoms with Crippen molar-refractivity contribution in [2.75, 3.05) is 0 Å². The fourth-order valence-corrected chi connectivity index (χ4v) is 2.46. The van der Waals surface area contributed by atoms with Gasteiger partial charge >= 0.3 is 0 Å². The lowest BCUT2D eigenvalue weighted by Crippen LogP contribution is -2.10. The lowest BCUT2D eigenvalue weighted by atomic mass is 9.85. The van der Waals surface area contributed by atoms with Gasteiger partial charge in [-0.15, -0.1) is 0 Å². The summed E-state index contributed by atoms with van der Waals surface area (Å²) in [5, 5.41) is 0. The molecule has 0 aromatic heterocycles. The lowest BCUT2D eigenvalue weighted by Gasteiger charge is -2.20. The Bertz CT molecular complexity index is 180. The Kier molecular flexibility index (Phi) is 2.65. The first-order valence-corrected chi connectivity index (χ1v) is 5.27. The predicted molar refractivity (Wildman–Crippen MR) is 53.0 cm³/mol. The van der Waals surface area contributed by atoms with Crippen LogP contribution in [0.4, 0.5) is 0 Å². The van der Waals surface area contributed by atoms with Gasteiger partial charge in [0.25, 0.3) is 0 Å². The molecule has 0 heterocycles. The number of hydrogen-bond acceptors (Lipinski definition) is 0. The molecule has 0 nitrogen and oxygen atoms in total. The topological polar surface area (TPSA) is 0 Å². The van der Waals surface area contributed by atoms with E-state index < -0.39 is 0 Å². The average molecular weight is 162 g/mol. The minimum atomic E-state index is 0.979. The molecule has 12 heavy (non-hydrogen) atoms. The van der Waals surface area contributed by atoms with Gasteiger partial charge in [-0.2, -0.15) is 0 Å². The molecule has 0 N–H and O–H groups in total. The molecule has 66 valence electrons. The van der Waals surface area contributed by atoms with Crippen LogP contribution in [0.3, 0.4) is 0 Å². The molecule has 0 amide bonds. The molecule has 0 saturated carbocycles. The van der Waals surface area contributed by atoms with Crippen LogP contribution < -0.4 is 0 Å². The van der Waals surface area contributed by atoms with Gasteiger partial charge < -0.3 is 0 Å². The molecule has 2 aliphatic carbocycles. The summed E-state index contributed by atoms with van der Waals surface area (Å²) in [6.07, 6.45) is 17.7. The highest BCUT2D eigenvalue weighted by Gasteiger charge is 2.21. The van der Waals surface area contributed by atoms with Crippen molar-refractivity contribution in [1.29, 1.82) is 0 Å². The average Bonchev–Trinajstić information content (AvgIpc) is 2.48. The van der Waals surface area contributed by atoms with Crippen LogP contribution in [0.25, 0.3) is 0 Å². The van der Waals surface area contributed by atoms with Crippen LogP contribution in [-0.4, -0.2) is 0 Å². The molecule has 0 aliphatic heterocycles. The van der Waals surface area contributed by atoms with Crippen LogP contribution >= 0.6 is 0 Å². The third-order valence-corrected chi connectivity index (χ3v) is 3.26. The first-order chi connectivity index (χ1) is 5.97. The maximum absolute atomic E-state index is 2.40. The van der Waals surface area contributed by atoms with Crippen LogP contribution in [0, 0.1) is 11.8 Å². The number of rotatable bonds is 1. The van der Waals surface area contributed by atoms with E-state index in [2.05, 4.69) is 24.3 Å². The molecular weight excluding hydrogens is 144 g/mol. The van der Waals surface area contributed by atoms with Crippen LogP contribution in [0.2, 0.25) is 0 Å². The van der Waals surface area contributed by atoms with Crippen molar-refractivity contribution in [3.63, 3.8) is 0 Å². The van der Waals surface area contributed by atoms with Gasteiger partial charge in [-0.1, -0.05) is 24.3 Å². The molecule has 1 unspecified atom stereocenters. The van der Waals surface area contributed by atoms with Crippen molar-refractivity contribution < 1.29 is 0 Å². The standard InChI is InChI=1S/C12H18/c1-2-4-8-11(7-3-1)12-9-5-6-10-12/h1,3,5-6,11-12H,2,4,7-10H2. The van der Waals surface area contributed by atoms with Crippen molar-refractivity contribution in [1.82, 2.24) is 0 Å². The van der Waals surface area contributed by atoms with Gasteiger partial charge in [-0.3, -0.25) is 0 Å². The second-order valence-corrected chi connectivity index (χ2v) is 4.10. The van der Waals surface area contributed by atoms with Crippen LogP contribution in [0.15, 0.2) is 24.3 Å². The first-order valence-electron chi connectivity index (χ1n) is 5.27. The number of hydrogen-bond donors (Lipinski definition) is 0. The van der Waals surface area contributed by atoms with Gasteiger partial charge in [0.1, 0.15) is 0 Å². The Labute approximate surface area is 75.4 Å². The monoisotopic (exact) mass is 162 g/mol. The van der Waals surface area contributed by atoms with E-state index in [0.29, 0.717) is 0 Å². The Hall–Kier alpha value is -0.520. The van der Waals surface area contributed by atoms with Gasteiger partial charge in [0.2, 0.25) is 0 Å². The highest BCUT2D eigenvalue weighted by molar-refractivity contribution is 4.99. The molecule has 0 heteroatoms. The van der Waals surface area contributed by atoms with Crippen molar-refractivity contribution >= 4 is 0 Å². The molecule has 2 aliphatic rings. The summed E-state index contributed by atoms with van der Waals surface area (Å²) in [5.41, 5.74) is 0. The summed E-state index contributed by atoms with van der Waals surface area (Å²) < 4.78 is 0. The van der Waals surface area contributed by atoms with E-state index in [1.54, 1.807) is 0 Å². The molecular formula is C12H18. The fourth-order valence-electron chi connectivity index (χ4n) is 2.46. The summed E-state index contributed by atoms with van der Waals surface area (Å²) in [4.78, 5) is 0. The Morgan fingerprint density at radius 1 is 0.750 bits per heavy atom. The van der Waals surface area contributed by atoms with Crippen LogP contribution in [-0.2, 0) is 0 Å². The maximum Gasteiger partial charge on any atom is -0.0314 e. The second-order valence-electron chi connectivity index (χ2n) is 4.10. The largest absolute Gasteiger partial charge is 0.0885 e. The molecule has 0 aromatic carbocycles. The van der Waals surface area contributed by atoms with Crippen molar-refractivity contribution in [2.24, 2.45) is 11.8 Å². The smallest absolute Gasteiger partial charge is 0.0314 e. The summed E-state index contributed by atoms with van der Waals surface area (Å²) in [6.45, 7) is 0. The van der Waals surface area contributed by atoms with E-state index in [9.17, 15) is 0 Å². The Morgan fingerprint density at radius 3 is 2.25 bits per heavy atom. The summed E-state index contributed by atoms with van der Waals surface area (Å²) >= 11 is 0. The van der Waals surface area contributed by atoms with Gasteiger partial charge in [-0.25, -0.2) is 0 Å². The fraction of sp³-hybridized carbons (Fsp3) is 0.667. The summed E-state index contributed by atoms with van der Waals surface area (Å²) in [5.74, 6) is 1.96. The van der Waals surface area contributed by atoms with E-state index in [4.69, 9.17) is 0 Å². The molecule has 0 aromatic rings. The lowest BCUT2D eigenvalue weighted by molar-refractivity contribution is 0.328. The zero-order valence-corrected chi connectivity index (χ0v) is 7.71. The summed E-state index contributed by atoms with van der Waals surface area (Å²) in [6, 6.07) is 0. The number of allylic oxidation sites excluding steroid dienone is 4. The molecule has 0 saturated heterocycles. The molecule has 0 bridgehead atoms. The van der Waals surface area contributed by atoms with Gasteiger partial charge in [-0.05, 0) is 50.4 Å². The van der Waals surface area contributed by atoms with E-state index in [-0.39, 0.29) is 0 Å². The van der Waals surface area contributed by atoms with Crippen LogP contribution in [0.5, 0.6) is 0 Å². The van der Waals surface area contributed by atoms with E-state index in [1.165, 1.54) is 38.5 Å². The van der Waals surface area contributed by atoms with Gasteiger partial charge in [0.05, 0.1) is 0 Å². The maximum atomic E-state index is 2.40. The SMILES string of the molecule is C1=CCC(C2CC=CC2)CCC1. The normalized spacial score (nSPS) is 30.8. The van der Waals surface area contributed by atoms with Crippen molar-refractivity contribution in [3.8, 4) is 0 Å². The predicted octanol–water partition coefficient (Wildman–Crippen LogP) is 3.70. The highest BCUT2D eigenvalue weighted by Crippen LogP contribution is 2.33. The molecule has 0 fully saturated rings. The van der Waals surface area contributed by atoms with E-state index in [1.807, 2.05) is 0 Å². The molecule has 1 atom stereocenters. The van der Waals surface area contributed by atoms with Crippen molar-refractivity contribution in [2.45, 2.75) is 38.5 Å². The minimum absolute atomic E-state index is 0.979. The quantitative estimate of drug-likeness (QED) is 0.516. The van der Waals surface area contributed by atoms with E-state index >= 15 is 0 Å². The zero-order valence-electron chi connectivity index (χ0n) is 7.71. The molecule has 2 rings (SSSR count). The van der Waals surface area contributed by atoms with Gasteiger partial charge in [0.15, 0.2) is 0 Å². The third-order valence-electron chi connectivity index (χ3n) is 3.26. The van der Waals surface area contributed by atoms with Crippen molar-refractivity contribution in [3.05, 3.63) is 24.3 Å². The van der Waals surface area contributed by atoms with E-state index in [0.717, 1.165) is 11.8 Å². The first kappa shape index (κ1) is 8.10. The minimum Gasteiger partial charge on any atom is -0.0885 e. The Balaban J connectivity index is 1.89. The van der Waals surface area contributed by atoms with Crippen LogP contribution in [0.1, 0.15) is 38.5 Å². The summed E-state index contributed by atoms with van der Waals surface area (Å²) in [7, 11) is 0. The highest BCUT2D eigenvalue weighted by atomic mass is 14.3. The third kappa shape index (κ3) is 1.80. The molecule has 0 spiro atoms. The van der Waals surface area contributed by atoms with Gasteiger partial charge in [0, 0.05) is 0 Å². The zero-order chi connectivity index (χ0) is 8.23. The second kappa shape index (κ2) is 3.93. The molecule has 0 radical (unpaired) electrons.